The summed E-state index contributed by atoms with van der Waals surface area (Å²) in [5.41, 5.74) is 2.56. The highest BCUT2D eigenvalue weighted by Crippen LogP contribution is 2.34. The number of nitrogens with zero attached hydrogens (tertiary/aromatic N) is 4. The molecule has 1 N–H and O–H groups in total. The van der Waals surface area contributed by atoms with Crippen molar-refractivity contribution in [3.8, 4) is 0 Å². The number of nitro benzene ring substituents is 1. The molecule has 0 spiro atoms. The summed E-state index contributed by atoms with van der Waals surface area (Å²) >= 11 is 7.91. The van der Waals surface area contributed by atoms with Gasteiger partial charge in [0.1, 0.15) is 10.7 Å². The van der Waals surface area contributed by atoms with E-state index in [0.29, 0.717) is 22.8 Å². The predicted octanol–water partition coefficient (Wildman–Crippen LogP) is 3.79. The lowest BCUT2D eigenvalue weighted by molar-refractivity contribution is -0.384. The zero-order valence-electron chi connectivity index (χ0n) is 17.0. The highest BCUT2D eigenvalue weighted by molar-refractivity contribution is 7.18. The predicted molar refractivity (Wildman–Crippen MR) is 120 cm³/mol. The third-order valence-corrected chi connectivity index (χ3v) is 6.99. The van der Waals surface area contributed by atoms with E-state index in [4.69, 9.17) is 11.6 Å². The zero-order chi connectivity index (χ0) is 21.6. The quantitative estimate of drug-likeness (QED) is 0.483. The van der Waals surface area contributed by atoms with Crippen molar-refractivity contribution >= 4 is 44.5 Å². The molecule has 1 saturated heterocycles. The number of hydrogen-bond acceptors (Lipinski definition) is 7. The minimum absolute atomic E-state index is 0.00403. The molecule has 0 amide bonds. The van der Waals surface area contributed by atoms with Crippen LogP contribution in [0, 0.1) is 30.9 Å². The molecule has 2 aromatic heterocycles. The molecule has 0 bridgehead atoms. The molecule has 3 aromatic rings. The molecule has 8 nitrogen and oxygen atoms in total. The topological polar surface area (TPSA) is 95.4 Å². The maximum Gasteiger partial charge on any atom is 0.271 e. The number of fused-ring (bicyclic) bond motifs is 1. The average Bonchev–Trinajstić information content (AvgIpc) is 2.96. The van der Waals surface area contributed by atoms with Crippen LogP contribution in [0.25, 0.3) is 10.2 Å². The van der Waals surface area contributed by atoms with Crippen LogP contribution in [0.15, 0.2) is 16.9 Å². The Labute approximate surface area is 182 Å². The van der Waals surface area contributed by atoms with Crippen molar-refractivity contribution in [2.45, 2.75) is 27.3 Å². The van der Waals surface area contributed by atoms with E-state index >= 15 is 0 Å². The summed E-state index contributed by atoms with van der Waals surface area (Å²) in [5, 5.41) is 12.1. The van der Waals surface area contributed by atoms with Gasteiger partial charge in [-0.2, -0.15) is 0 Å². The number of aromatic nitrogens is 2. The molecule has 1 aliphatic rings. The summed E-state index contributed by atoms with van der Waals surface area (Å²) in [5.74, 6) is 0.673. The third-order valence-electron chi connectivity index (χ3n) is 5.60. The molecule has 10 heteroatoms. The lowest BCUT2D eigenvalue weighted by Crippen LogP contribution is -2.46. The molecular weight excluding hydrogens is 426 g/mol. The van der Waals surface area contributed by atoms with Gasteiger partial charge in [0.15, 0.2) is 0 Å². The molecular formula is C20H22ClN5O3S. The van der Waals surface area contributed by atoms with E-state index in [1.807, 2.05) is 20.8 Å². The van der Waals surface area contributed by atoms with Crippen LogP contribution in [0.2, 0.25) is 5.02 Å². The summed E-state index contributed by atoms with van der Waals surface area (Å²) < 4.78 is 0. The van der Waals surface area contributed by atoms with Crippen LogP contribution in [-0.2, 0) is 6.54 Å². The lowest BCUT2D eigenvalue weighted by atomic mass is 10.1. The minimum Gasteiger partial charge on any atom is -0.368 e. The van der Waals surface area contributed by atoms with Gasteiger partial charge in [0.2, 0.25) is 0 Å². The lowest BCUT2D eigenvalue weighted by Gasteiger charge is -2.36. The largest absolute Gasteiger partial charge is 0.368 e. The van der Waals surface area contributed by atoms with Crippen LogP contribution in [0.5, 0.6) is 0 Å². The highest BCUT2D eigenvalue weighted by Gasteiger charge is 2.23. The molecule has 158 valence electrons. The maximum atomic E-state index is 12.5. The number of thiophene rings is 1. The Hall–Kier alpha value is -2.49. The normalized spacial score (nSPS) is 15.1. The summed E-state index contributed by atoms with van der Waals surface area (Å²) in [6, 6.07) is 2.97. The van der Waals surface area contributed by atoms with E-state index in [9.17, 15) is 14.9 Å². The van der Waals surface area contributed by atoms with Crippen LogP contribution in [-0.4, -0.2) is 46.0 Å². The SMILES string of the molecule is Cc1cc([N+](=O)[O-])cc(Cl)c1N1CCN(Cc2nc3sc(C)c(C)c3c(=O)[nH]2)CC1. The number of piperazine rings is 1. The smallest absolute Gasteiger partial charge is 0.271 e. The first-order valence-corrected chi connectivity index (χ1v) is 10.8. The molecule has 0 radical (unpaired) electrons. The van der Waals surface area contributed by atoms with Gasteiger partial charge in [0.05, 0.1) is 27.6 Å². The van der Waals surface area contributed by atoms with Crippen molar-refractivity contribution in [1.29, 1.82) is 0 Å². The number of anilines is 1. The fraction of sp³-hybridized carbons (Fsp3) is 0.400. The number of rotatable bonds is 4. The minimum atomic E-state index is -0.429. The van der Waals surface area contributed by atoms with Gasteiger partial charge in [-0.3, -0.25) is 19.8 Å². The van der Waals surface area contributed by atoms with E-state index in [1.54, 1.807) is 17.4 Å². The summed E-state index contributed by atoms with van der Waals surface area (Å²) in [6.45, 7) is 9.40. The van der Waals surface area contributed by atoms with Gasteiger partial charge in [0, 0.05) is 43.2 Å². The number of benzene rings is 1. The fourth-order valence-electron chi connectivity index (χ4n) is 3.94. The van der Waals surface area contributed by atoms with E-state index in [0.717, 1.165) is 52.7 Å². The fourth-order valence-corrected chi connectivity index (χ4v) is 5.37. The van der Waals surface area contributed by atoms with E-state index in [2.05, 4.69) is 19.8 Å². The van der Waals surface area contributed by atoms with Crippen LogP contribution in [0.4, 0.5) is 11.4 Å². The van der Waals surface area contributed by atoms with E-state index in [1.165, 1.54) is 6.07 Å². The molecule has 4 rings (SSSR count). The number of hydrogen-bond donors (Lipinski definition) is 1. The second kappa shape index (κ2) is 7.98. The van der Waals surface area contributed by atoms with Crippen molar-refractivity contribution in [1.82, 2.24) is 14.9 Å². The molecule has 30 heavy (non-hydrogen) atoms. The van der Waals surface area contributed by atoms with Crippen molar-refractivity contribution in [3.05, 3.63) is 59.5 Å². The highest BCUT2D eigenvalue weighted by atomic mass is 35.5. The standard InChI is InChI=1S/C20H22ClN5O3S/c1-11-8-14(26(28)29)9-15(21)18(11)25-6-4-24(5-7-25)10-16-22-19(27)17-12(2)13(3)30-20(17)23-16/h8-9H,4-7,10H2,1-3H3,(H,22,23,27). The first-order valence-electron chi connectivity index (χ1n) is 9.65. The molecule has 0 atom stereocenters. The Kier molecular flexibility index (Phi) is 5.52. The van der Waals surface area contributed by atoms with Gasteiger partial charge < -0.3 is 9.88 Å². The summed E-state index contributed by atoms with van der Waals surface area (Å²) in [7, 11) is 0. The second-order valence-electron chi connectivity index (χ2n) is 7.59. The monoisotopic (exact) mass is 447 g/mol. The number of nitro groups is 1. The van der Waals surface area contributed by atoms with Gasteiger partial charge in [-0.25, -0.2) is 4.98 Å². The van der Waals surface area contributed by atoms with Crippen molar-refractivity contribution < 1.29 is 4.92 Å². The van der Waals surface area contributed by atoms with Crippen LogP contribution >= 0.6 is 22.9 Å². The van der Waals surface area contributed by atoms with Gasteiger partial charge in [-0.15, -0.1) is 11.3 Å². The molecule has 3 heterocycles. The Morgan fingerprint density at radius 2 is 1.93 bits per heavy atom. The van der Waals surface area contributed by atoms with E-state index in [-0.39, 0.29) is 11.2 Å². The Bertz CT molecular complexity index is 1170. The molecule has 1 fully saturated rings. The van der Waals surface area contributed by atoms with Crippen molar-refractivity contribution in [2.75, 3.05) is 31.1 Å². The van der Waals surface area contributed by atoms with Gasteiger partial charge in [0.25, 0.3) is 11.2 Å². The molecule has 0 saturated carbocycles. The maximum absolute atomic E-state index is 12.5. The summed E-state index contributed by atoms with van der Waals surface area (Å²) in [6.07, 6.45) is 0. The van der Waals surface area contributed by atoms with E-state index < -0.39 is 4.92 Å². The second-order valence-corrected chi connectivity index (χ2v) is 9.20. The Balaban J connectivity index is 1.47. The molecule has 1 aromatic carbocycles. The van der Waals surface area contributed by atoms with Gasteiger partial charge in [-0.05, 0) is 31.9 Å². The van der Waals surface area contributed by atoms with Crippen LogP contribution < -0.4 is 10.5 Å². The third kappa shape index (κ3) is 3.80. The number of non-ortho nitro benzene ring substituents is 1. The van der Waals surface area contributed by atoms with Crippen LogP contribution in [0.3, 0.4) is 0 Å². The summed E-state index contributed by atoms with van der Waals surface area (Å²) in [4.78, 5) is 37.0. The Morgan fingerprint density at radius 3 is 2.57 bits per heavy atom. The van der Waals surface area contributed by atoms with Crippen LogP contribution in [0.1, 0.15) is 21.8 Å². The first-order chi connectivity index (χ1) is 14.2. The number of halogens is 1. The number of aromatic amines is 1. The average molecular weight is 448 g/mol. The Morgan fingerprint density at radius 1 is 1.23 bits per heavy atom. The first kappa shape index (κ1) is 20.8. The van der Waals surface area contributed by atoms with Gasteiger partial charge in [-0.1, -0.05) is 11.6 Å². The zero-order valence-corrected chi connectivity index (χ0v) is 18.6. The van der Waals surface area contributed by atoms with Gasteiger partial charge >= 0.3 is 0 Å². The molecule has 0 unspecified atom stereocenters. The van der Waals surface area contributed by atoms with Crippen molar-refractivity contribution in [3.63, 3.8) is 0 Å². The molecule has 1 aliphatic heterocycles. The van der Waals surface area contributed by atoms with Crippen molar-refractivity contribution in [2.24, 2.45) is 0 Å². The number of nitrogens with one attached hydrogen (secondary N) is 1. The molecule has 0 aliphatic carbocycles. The number of aryl methyl sites for hydroxylation is 3. The number of H-pyrrole nitrogens is 1.